The molecule has 0 fully saturated rings. The van der Waals surface area contributed by atoms with Crippen LogP contribution >= 0.6 is 0 Å². The van der Waals surface area contributed by atoms with Crippen LogP contribution < -0.4 is 5.43 Å². The van der Waals surface area contributed by atoms with E-state index < -0.39 is 5.97 Å². The van der Waals surface area contributed by atoms with Gasteiger partial charge in [-0.05, 0) is 49.7 Å². The van der Waals surface area contributed by atoms with E-state index in [1.54, 1.807) is 38.1 Å². The lowest BCUT2D eigenvalue weighted by molar-refractivity contribution is 0.0492. The minimum Gasteiger partial charge on any atom is -0.508 e. The van der Waals surface area contributed by atoms with E-state index in [2.05, 4.69) is 0 Å². The van der Waals surface area contributed by atoms with Gasteiger partial charge >= 0.3 is 5.97 Å². The molecule has 1 N–H and O–H groups in total. The second-order valence-electron chi connectivity index (χ2n) is 6.13. The maximum atomic E-state index is 13.0. The molecule has 6 heteroatoms. The second kappa shape index (κ2) is 6.32. The zero-order chi connectivity index (χ0) is 19.1. The fraction of sp³-hybridized carbons (Fsp3) is 0.143. The van der Waals surface area contributed by atoms with Crippen molar-refractivity contribution in [3.63, 3.8) is 0 Å². The number of esters is 1. The Morgan fingerprint density at radius 1 is 1.07 bits per heavy atom. The first kappa shape index (κ1) is 16.9. The van der Waals surface area contributed by atoms with Crippen LogP contribution in [0.15, 0.2) is 56.1 Å². The van der Waals surface area contributed by atoms with Gasteiger partial charge in [0, 0.05) is 11.5 Å². The van der Waals surface area contributed by atoms with Crippen LogP contribution in [0.25, 0.3) is 33.1 Å². The third-order valence-electron chi connectivity index (χ3n) is 4.33. The summed E-state index contributed by atoms with van der Waals surface area (Å²) in [7, 11) is 0. The average Bonchev–Trinajstić information content (AvgIpc) is 3.05. The molecule has 6 nitrogen and oxygen atoms in total. The number of phenols is 1. The number of phenolic OH excluding ortho intramolecular Hbond substituents is 1. The number of furan rings is 1. The highest BCUT2D eigenvalue weighted by molar-refractivity contribution is 5.94. The van der Waals surface area contributed by atoms with Gasteiger partial charge in [-0.1, -0.05) is 6.07 Å². The van der Waals surface area contributed by atoms with E-state index in [9.17, 15) is 14.7 Å². The smallest absolute Gasteiger partial charge is 0.374 e. The van der Waals surface area contributed by atoms with Crippen molar-refractivity contribution in [1.82, 2.24) is 0 Å². The van der Waals surface area contributed by atoms with Gasteiger partial charge in [-0.3, -0.25) is 4.79 Å². The number of aryl methyl sites for hydroxylation is 1. The van der Waals surface area contributed by atoms with Crippen molar-refractivity contribution >= 4 is 27.9 Å². The Balaban J connectivity index is 1.88. The number of ether oxygens (including phenoxy) is 1. The van der Waals surface area contributed by atoms with Crippen molar-refractivity contribution in [3.05, 3.63) is 64.2 Å². The predicted octanol–water partition coefficient (Wildman–Crippen LogP) is 4.40. The molecule has 4 aromatic rings. The first-order valence-electron chi connectivity index (χ1n) is 8.45. The van der Waals surface area contributed by atoms with Crippen molar-refractivity contribution in [1.29, 1.82) is 0 Å². The van der Waals surface area contributed by atoms with Crippen LogP contribution in [-0.2, 0) is 4.74 Å². The molecule has 27 heavy (non-hydrogen) atoms. The lowest BCUT2D eigenvalue weighted by atomic mass is 10.0. The van der Waals surface area contributed by atoms with Gasteiger partial charge < -0.3 is 18.7 Å². The molecule has 136 valence electrons. The third-order valence-corrected chi connectivity index (χ3v) is 4.33. The molecule has 0 atom stereocenters. The minimum absolute atomic E-state index is 0.0316. The number of fused-ring (bicyclic) bond motifs is 2. The van der Waals surface area contributed by atoms with Crippen molar-refractivity contribution in [2.24, 2.45) is 0 Å². The number of carbonyl (C=O) groups is 1. The van der Waals surface area contributed by atoms with E-state index in [-0.39, 0.29) is 23.5 Å². The monoisotopic (exact) mass is 364 g/mol. The van der Waals surface area contributed by atoms with Gasteiger partial charge in [-0.15, -0.1) is 0 Å². The highest BCUT2D eigenvalue weighted by Gasteiger charge is 2.17. The number of aromatic hydroxyl groups is 1. The molecule has 0 unspecified atom stereocenters. The molecule has 0 saturated carbocycles. The molecule has 4 rings (SSSR count). The van der Waals surface area contributed by atoms with Crippen molar-refractivity contribution in [2.45, 2.75) is 13.8 Å². The third kappa shape index (κ3) is 2.85. The predicted molar refractivity (Wildman–Crippen MR) is 100 cm³/mol. The van der Waals surface area contributed by atoms with Crippen LogP contribution in [0, 0.1) is 6.92 Å². The summed E-state index contributed by atoms with van der Waals surface area (Å²) in [5.74, 6) is 0.0499. The van der Waals surface area contributed by atoms with E-state index in [0.717, 1.165) is 0 Å². The molecular weight excluding hydrogens is 348 g/mol. The first-order valence-corrected chi connectivity index (χ1v) is 8.45. The molecule has 0 radical (unpaired) electrons. The summed E-state index contributed by atoms with van der Waals surface area (Å²) < 4.78 is 16.2. The Morgan fingerprint density at radius 2 is 1.89 bits per heavy atom. The molecule has 0 amide bonds. The van der Waals surface area contributed by atoms with Gasteiger partial charge in [0.1, 0.15) is 22.7 Å². The molecule has 0 saturated heterocycles. The summed E-state index contributed by atoms with van der Waals surface area (Å²) in [6.45, 7) is 3.68. The Labute approximate surface area is 153 Å². The standard InChI is InChI=1S/C21H16O6/c1-3-25-21(24)18-9-13-8-12(4-7-16(13)27-18)19-11(2)26-17-10-14(22)5-6-15(17)20(19)23/h4-10,22H,3H2,1-2H3. The number of rotatable bonds is 3. The average molecular weight is 364 g/mol. The summed E-state index contributed by atoms with van der Waals surface area (Å²) >= 11 is 0. The lowest BCUT2D eigenvalue weighted by Gasteiger charge is -2.07. The van der Waals surface area contributed by atoms with Crippen molar-refractivity contribution in [3.8, 4) is 16.9 Å². The van der Waals surface area contributed by atoms with Crippen molar-refractivity contribution in [2.75, 3.05) is 6.61 Å². The quantitative estimate of drug-likeness (QED) is 0.542. The van der Waals surface area contributed by atoms with Crippen molar-refractivity contribution < 1.29 is 23.5 Å². The van der Waals surface area contributed by atoms with E-state index in [4.69, 9.17) is 13.6 Å². The van der Waals surface area contributed by atoms with Gasteiger partial charge in [0.15, 0.2) is 0 Å². The number of benzene rings is 2. The Hall–Kier alpha value is -3.54. The zero-order valence-corrected chi connectivity index (χ0v) is 14.7. The topological polar surface area (TPSA) is 89.9 Å². The highest BCUT2D eigenvalue weighted by Crippen LogP contribution is 2.29. The normalized spacial score (nSPS) is 11.2. The summed E-state index contributed by atoms with van der Waals surface area (Å²) in [4.78, 5) is 24.8. The van der Waals surface area contributed by atoms with Crippen LogP contribution in [-0.4, -0.2) is 17.7 Å². The SMILES string of the molecule is CCOC(=O)c1cc2cc(-c3c(C)oc4cc(O)ccc4c3=O)ccc2o1. The molecule has 2 heterocycles. The van der Waals surface area contributed by atoms with Crippen LogP contribution in [0.1, 0.15) is 23.2 Å². The molecule has 0 aliphatic carbocycles. The maximum Gasteiger partial charge on any atom is 0.374 e. The second-order valence-corrected chi connectivity index (χ2v) is 6.13. The van der Waals surface area contributed by atoms with Gasteiger partial charge in [-0.2, -0.15) is 0 Å². The minimum atomic E-state index is -0.531. The molecule has 2 aromatic carbocycles. The van der Waals surface area contributed by atoms with E-state index >= 15 is 0 Å². The van der Waals surface area contributed by atoms with Gasteiger partial charge in [0.05, 0.1) is 17.6 Å². The van der Waals surface area contributed by atoms with E-state index in [1.165, 1.54) is 18.2 Å². The van der Waals surface area contributed by atoms with Crippen LogP contribution in [0.3, 0.4) is 0 Å². The Bertz CT molecular complexity index is 1240. The number of hydrogen-bond acceptors (Lipinski definition) is 6. The Kier molecular flexibility index (Phi) is 3.96. The largest absolute Gasteiger partial charge is 0.508 e. The summed E-state index contributed by atoms with van der Waals surface area (Å²) in [6, 6.07) is 11.2. The van der Waals surface area contributed by atoms with Crippen LogP contribution in [0.2, 0.25) is 0 Å². The van der Waals surface area contributed by atoms with Gasteiger partial charge in [-0.25, -0.2) is 4.79 Å². The van der Waals surface area contributed by atoms with E-state index in [0.29, 0.717) is 38.8 Å². The van der Waals surface area contributed by atoms with Gasteiger partial charge in [0.2, 0.25) is 11.2 Å². The van der Waals surface area contributed by atoms with Gasteiger partial charge in [0.25, 0.3) is 0 Å². The van der Waals surface area contributed by atoms with E-state index in [1.807, 2.05) is 0 Å². The number of carbonyl (C=O) groups excluding carboxylic acids is 1. The fourth-order valence-corrected chi connectivity index (χ4v) is 3.13. The maximum absolute atomic E-state index is 13.0. The molecule has 0 spiro atoms. The molecule has 0 aliphatic heterocycles. The first-order chi connectivity index (χ1) is 13.0. The molecule has 0 bridgehead atoms. The molecular formula is C21H16O6. The summed E-state index contributed by atoms with van der Waals surface area (Å²) in [6.07, 6.45) is 0. The fourth-order valence-electron chi connectivity index (χ4n) is 3.13. The zero-order valence-electron chi connectivity index (χ0n) is 14.7. The lowest BCUT2D eigenvalue weighted by Crippen LogP contribution is -2.07. The summed E-state index contributed by atoms with van der Waals surface area (Å²) in [5.41, 5.74) is 1.74. The molecule has 0 aliphatic rings. The summed E-state index contributed by atoms with van der Waals surface area (Å²) in [5, 5.41) is 10.7. The Morgan fingerprint density at radius 3 is 2.67 bits per heavy atom. The van der Waals surface area contributed by atoms with Crippen LogP contribution in [0.5, 0.6) is 5.75 Å². The van der Waals surface area contributed by atoms with Crippen LogP contribution in [0.4, 0.5) is 0 Å². The molecule has 2 aromatic heterocycles. The highest BCUT2D eigenvalue weighted by atomic mass is 16.5. The number of hydrogen-bond donors (Lipinski definition) is 1.